The topological polar surface area (TPSA) is 92.5 Å². The van der Waals surface area contributed by atoms with Crippen LogP contribution in [0.4, 0.5) is 5.69 Å². The third-order valence-corrected chi connectivity index (χ3v) is 5.64. The predicted octanol–water partition coefficient (Wildman–Crippen LogP) is 2.05. The molecule has 0 aliphatic carbocycles. The highest BCUT2D eigenvalue weighted by molar-refractivity contribution is 7.91. The van der Waals surface area contributed by atoms with Gasteiger partial charge < -0.3 is 4.42 Å². The molecule has 0 saturated heterocycles. The van der Waals surface area contributed by atoms with Crippen molar-refractivity contribution < 1.29 is 17.6 Å². The molecular formula is C16H19N3O4S. The quantitative estimate of drug-likeness (QED) is 0.912. The maximum Gasteiger partial charge on any atom is 0.326 e. The molecule has 1 aliphatic rings. The maximum absolute atomic E-state index is 12.8. The van der Waals surface area contributed by atoms with Gasteiger partial charge in [0.2, 0.25) is 5.76 Å². The van der Waals surface area contributed by atoms with Crippen molar-refractivity contribution >= 4 is 21.8 Å². The van der Waals surface area contributed by atoms with Crippen molar-refractivity contribution in [3.05, 3.63) is 47.7 Å². The van der Waals surface area contributed by atoms with Crippen LogP contribution in [0, 0.1) is 0 Å². The number of carbonyl (C=O) groups is 1. The van der Waals surface area contributed by atoms with E-state index >= 15 is 0 Å². The van der Waals surface area contributed by atoms with Crippen LogP contribution in [0.2, 0.25) is 0 Å². The molecule has 0 fully saturated rings. The van der Waals surface area contributed by atoms with Gasteiger partial charge in [0.05, 0.1) is 11.4 Å². The lowest BCUT2D eigenvalue weighted by atomic mass is 9.99. The van der Waals surface area contributed by atoms with E-state index in [2.05, 4.69) is 9.71 Å². The number of rotatable bonds is 4. The minimum atomic E-state index is -4.05. The van der Waals surface area contributed by atoms with E-state index in [-0.39, 0.29) is 11.8 Å². The highest BCUT2D eigenvalue weighted by atomic mass is 32.2. The zero-order valence-electron chi connectivity index (χ0n) is 13.5. The molecule has 1 aliphatic heterocycles. The number of benzene rings is 1. The number of oxazole rings is 1. The molecule has 24 heavy (non-hydrogen) atoms. The van der Waals surface area contributed by atoms with Crippen molar-refractivity contribution in [1.29, 1.82) is 0 Å². The fourth-order valence-electron chi connectivity index (χ4n) is 2.94. The second-order valence-electron chi connectivity index (χ2n) is 5.73. The molecule has 2 heterocycles. The van der Waals surface area contributed by atoms with Crippen LogP contribution >= 0.6 is 0 Å². The van der Waals surface area contributed by atoms with Crippen LogP contribution < -0.4 is 9.03 Å². The van der Waals surface area contributed by atoms with Gasteiger partial charge in [-0.05, 0) is 37.8 Å². The summed E-state index contributed by atoms with van der Waals surface area (Å²) in [5.41, 5.74) is 1.97. The van der Waals surface area contributed by atoms with E-state index in [1.54, 1.807) is 12.1 Å². The van der Waals surface area contributed by atoms with E-state index in [0.717, 1.165) is 18.4 Å². The van der Waals surface area contributed by atoms with E-state index in [9.17, 15) is 13.2 Å². The largest absolute Gasteiger partial charge is 0.438 e. The second kappa shape index (κ2) is 6.27. The molecule has 1 unspecified atom stereocenters. The van der Waals surface area contributed by atoms with Gasteiger partial charge >= 0.3 is 16.1 Å². The number of para-hydroxylation sites is 1. The zero-order valence-corrected chi connectivity index (χ0v) is 14.3. The number of nitrogens with zero attached hydrogens (tertiary/aromatic N) is 2. The van der Waals surface area contributed by atoms with Gasteiger partial charge in [-0.3, -0.25) is 9.10 Å². The molecule has 1 N–H and O–H groups in total. The highest BCUT2D eigenvalue weighted by Gasteiger charge is 2.34. The summed E-state index contributed by atoms with van der Waals surface area (Å²) in [6, 6.07) is 7.07. The number of carbonyl (C=O) groups excluding carboxylic acids is 1. The van der Waals surface area contributed by atoms with Crippen molar-refractivity contribution in [2.24, 2.45) is 0 Å². The van der Waals surface area contributed by atoms with E-state index in [1.807, 2.05) is 26.0 Å². The SMILES string of the molecule is CCc1ncoc1C(=O)NS(=O)(=O)N1c2ccccc2CCC1C. The fourth-order valence-corrected chi connectivity index (χ4v) is 4.38. The molecule has 0 spiro atoms. The van der Waals surface area contributed by atoms with Crippen molar-refractivity contribution in [3.8, 4) is 0 Å². The third kappa shape index (κ3) is 2.89. The van der Waals surface area contributed by atoms with Crippen molar-refractivity contribution in [2.75, 3.05) is 4.31 Å². The average molecular weight is 349 g/mol. The van der Waals surface area contributed by atoms with Crippen LogP contribution in [-0.4, -0.2) is 25.4 Å². The Labute approximate surface area is 140 Å². The molecule has 1 aromatic heterocycles. The van der Waals surface area contributed by atoms with Crippen molar-refractivity contribution in [3.63, 3.8) is 0 Å². The molecule has 128 valence electrons. The summed E-state index contributed by atoms with van der Waals surface area (Å²) >= 11 is 0. The van der Waals surface area contributed by atoms with Gasteiger partial charge in [-0.15, -0.1) is 0 Å². The summed E-state index contributed by atoms with van der Waals surface area (Å²) in [5, 5.41) is 0. The van der Waals surface area contributed by atoms with Gasteiger partial charge in [-0.2, -0.15) is 8.42 Å². The molecule has 0 radical (unpaired) electrons. The summed E-state index contributed by atoms with van der Waals surface area (Å²) in [6.07, 6.45) is 3.11. The highest BCUT2D eigenvalue weighted by Crippen LogP contribution is 2.32. The average Bonchev–Trinajstić information content (AvgIpc) is 3.02. The predicted molar refractivity (Wildman–Crippen MR) is 89.0 cm³/mol. The number of fused-ring (bicyclic) bond motifs is 1. The Kier molecular flexibility index (Phi) is 4.31. The maximum atomic E-state index is 12.8. The number of anilines is 1. The molecule has 0 bridgehead atoms. The smallest absolute Gasteiger partial charge is 0.326 e. The summed E-state index contributed by atoms with van der Waals surface area (Å²) in [7, 11) is -4.05. The van der Waals surface area contributed by atoms with E-state index in [4.69, 9.17) is 4.42 Å². The molecule has 1 aromatic carbocycles. The summed E-state index contributed by atoms with van der Waals surface area (Å²) in [6.45, 7) is 3.64. The molecule has 7 nitrogen and oxygen atoms in total. The van der Waals surface area contributed by atoms with E-state index in [1.165, 1.54) is 4.31 Å². The number of aromatic nitrogens is 1. The monoisotopic (exact) mass is 349 g/mol. The Hall–Kier alpha value is -2.35. The molecular weight excluding hydrogens is 330 g/mol. The molecule has 2 aromatic rings. The lowest BCUT2D eigenvalue weighted by molar-refractivity contribution is 0.0953. The van der Waals surface area contributed by atoms with Crippen molar-refractivity contribution in [1.82, 2.24) is 9.71 Å². The Morgan fingerprint density at radius 3 is 2.92 bits per heavy atom. The summed E-state index contributed by atoms with van der Waals surface area (Å²) < 4.78 is 34.0. The van der Waals surface area contributed by atoms with Crippen LogP contribution in [0.15, 0.2) is 35.1 Å². The van der Waals surface area contributed by atoms with E-state index < -0.39 is 16.1 Å². The molecule has 1 atom stereocenters. The first kappa shape index (κ1) is 16.5. The van der Waals surface area contributed by atoms with Gasteiger partial charge in [-0.25, -0.2) is 9.71 Å². The Bertz CT molecular complexity index is 860. The molecule has 1 amide bonds. The second-order valence-corrected chi connectivity index (χ2v) is 7.28. The van der Waals surface area contributed by atoms with Crippen LogP contribution in [0.25, 0.3) is 0 Å². The normalized spacial score (nSPS) is 17.4. The number of nitrogens with one attached hydrogen (secondary N) is 1. The van der Waals surface area contributed by atoms with Gasteiger partial charge in [0.15, 0.2) is 6.39 Å². The molecule has 0 saturated carbocycles. The van der Waals surface area contributed by atoms with Crippen LogP contribution in [0.5, 0.6) is 0 Å². The number of aryl methyl sites for hydroxylation is 2. The Morgan fingerprint density at radius 2 is 2.17 bits per heavy atom. The molecule has 3 rings (SSSR count). The van der Waals surface area contributed by atoms with Crippen LogP contribution in [-0.2, 0) is 23.1 Å². The van der Waals surface area contributed by atoms with Crippen molar-refractivity contribution in [2.45, 2.75) is 39.2 Å². The summed E-state index contributed by atoms with van der Waals surface area (Å²) in [4.78, 5) is 16.2. The standard InChI is InChI=1S/C16H19N3O4S/c1-3-13-15(23-10-17-13)16(20)18-24(21,22)19-11(2)8-9-12-6-4-5-7-14(12)19/h4-7,10-11H,3,8-9H2,1-2H3,(H,18,20). The number of hydrogen-bond donors (Lipinski definition) is 1. The van der Waals surface area contributed by atoms with Gasteiger partial charge in [0, 0.05) is 6.04 Å². The first-order valence-electron chi connectivity index (χ1n) is 7.80. The zero-order chi connectivity index (χ0) is 17.3. The van der Waals surface area contributed by atoms with Crippen LogP contribution in [0.3, 0.4) is 0 Å². The Morgan fingerprint density at radius 1 is 1.42 bits per heavy atom. The molecule has 8 heteroatoms. The van der Waals surface area contributed by atoms with Gasteiger partial charge in [0.25, 0.3) is 0 Å². The third-order valence-electron chi connectivity index (χ3n) is 4.12. The lowest BCUT2D eigenvalue weighted by Gasteiger charge is -2.35. The summed E-state index contributed by atoms with van der Waals surface area (Å²) in [5.74, 6) is -0.876. The lowest BCUT2D eigenvalue weighted by Crippen LogP contribution is -2.49. The first-order valence-corrected chi connectivity index (χ1v) is 9.24. The van der Waals surface area contributed by atoms with Gasteiger partial charge in [-0.1, -0.05) is 25.1 Å². The minimum Gasteiger partial charge on any atom is -0.438 e. The fraction of sp³-hybridized carbons (Fsp3) is 0.375. The van der Waals surface area contributed by atoms with E-state index in [0.29, 0.717) is 24.2 Å². The first-order chi connectivity index (χ1) is 11.4. The number of hydrogen-bond acceptors (Lipinski definition) is 5. The van der Waals surface area contributed by atoms with Gasteiger partial charge in [0.1, 0.15) is 0 Å². The number of amides is 1. The Balaban J connectivity index is 1.92. The minimum absolute atomic E-state index is 0.0703. The van der Waals surface area contributed by atoms with Crippen LogP contribution in [0.1, 0.15) is 42.1 Å².